The van der Waals surface area contributed by atoms with Gasteiger partial charge in [-0.15, -0.1) is 0 Å². The quantitative estimate of drug-likeness (QED) is 0.113. The fourth-order valence-corrected chi connectivity index (χ4v) is 11.7. The summed E-state index contributed by atoms with van der Waals surface area (Å²) in [6, 6.07) is 0. The Hall–Kier alpha value is -2.00. The van der Waals surface area contributed by atoms with Crippen molar-refractivity contribution in [1.82, 2.24) is 0 Å². The molecular weight excluding hydrogens is 603 g/mol. The van der Waals surface area contributed by atoms with Crippen molar-refractivity contribution in [2.24, 2.45) is 50.2 Å². The molecule has 4 fully saturated rings. The first-order chi connectivity index (χ1) is 21.3. The number of ether oxygens (including phenoxy) is 1. The molecule has 0 aliphatic heterocycles. The minimum Gasteiger partial charge on any atom is -0.460 e. The van der Waals surface area contributed by atoms with Crippen LogP contribution in [0, 0.1) is 79.3 Å². The first-order valence-electron chi connectivity index (χ1n) is 17.0. The molecule has 1 aromatic carbocycles. The number of benzene rings is 1. The van der Waals surface area contributed by atoms with Crippen LogP contribution in [0.3, 0.4) is 0 Å². The number of aliphatic hydroxyl groups excluding tert-OH is 2. The van der Waals surface area contributed by atoms with Crippen molar-refractivity contribution in [3.63, 3.8) is 0 Å². The van der Waals surface area contributed by atoms with Crippen LogP contribution in [0.1, 0.15) is 111 Å². The molecule has 0 spiro atoms. The van der Waals surface area contributed by atoms with E-state index in [0.717, 1.165) is 38.5 Å². The highest BCUT2D eigenvalue weighted by Gasteiger charge is 2.69. The summed E-state index contributed by atoms with van der Waals surface area (Å²) >= 11 is 0. The van der Waals surface area contributed by atoms with Crippen molar-refractivity contribution in [2.45, 2.75) is 118 Å². The summed E-state index contributed by atoms with van der Waals surface area (Å²) in [7, 11) is 0. The van der Waals surface area contributed by atoms with Crippen molar-refractivity contribution >= 4 is 5.97 Å². The molecule has 0 saturated heterocycles. The van der Waals surface area contributed by atoms with Gasteiger partial charge < -0.3 is 14.9 Å². The maximum Gasteiger partial charge on any atom is 0.313 e. The highest BCUT2D eigenvalue weighted by atomic mass is 19.2. The molecule has 1 aromatic rings. The van der Waals surface area contributed by atoms with Gasteiger partial charge in [-0.1, -0.05) is 53.2 Å². The van der Waals surface area contributed by atoms with Crippen molar-refractivity contribution in [1.29, 1.82) is 0 Å². The van der Waals surface area contributed by atoms with E-state index in [2.05, 4.69) is 40.7 Å². The Bertz CT molecular complexity index is 1450. The molecule has 0 amide bonds. The topological polar surface area (TPSA) is 66.8 Å². The van der Waals surface area contributed by atoms with E-state index in [-0.39, 0.29) is 40.1 Å². The van der Waals surface area contributed by atoms with E-state index in [1.165, 1.54) is 5.57 Å². The number of carbonyl (C=O) groups is 1. The van der Waals surface area contributed by atoms with Crippen LogP contribution in [0.4, 0.5) is 22.0 Å². The number of halogens is 5. The molecule has 0 bridgehead atoms. The Kier molecular flexibility index (Phi) is 7.92. The summed E-state index contributed by atoms with van der Waals surface area (Å²) in [5.74, 6) is -10.6. The van der Waals surface area contributed by atoms with Gasteiger partial charge in [0.2, 0.25) is 5.82 Å². The lowest BCUT2D eigenvalue weighted by atomic mass is 9.33. The fourth-order valence-electron chi connectivity index (χ4n) is 11.7. The second-order valence-corrected chi connectivity index (χ2v) is 17.2. The number of rotatable bonds is 4. The van der Waals surface area contributed by atoms with Crippen molar-refractivity contribution in [2.75, 3.05) is 6.61 Å². The summed E-state index contributed by atoms with van der Waals surface area (Å²) in [4.78, 5) is 14.1. The van der Waals surface area contributed by atoms with Gasteiger partial charge in [-0.2, -0.15) is 0 Å². The van der Waals surface area contributed by atoms with Gasteiger partial charge in [0.15, 0.2) is 23.3 Å². The molecule has 0 aromatic heterocycles. The lowest BCUT2D eigenvalue weighted by molar-refractivity contribution is -0.217. The Balaban J connectivity index is 1.36. The maximum atomic E-state index is 14.5. The van der Waals surface area contributed by atoms with E-state index < -0.39 is 64.2 Å². The first kappa shape index (κ1) is 33.9. The minimum absolute atomic E-state index is 0.0526. The second kappa shape index (κ2) is 10.8. The van der Waals surface area contributed by atoms with Crippen LogP contribution in [0.2, 0.25) is 0 Å². The molecule has 5 aliphatic carbocycles. The summed E-state index contributed by atoms with van der Waals surface area (Å²) in [6.45, 7) is 12.4. The molecular formula is C37H49F5O4. The molecule has 46 heavy (non-hydrogen) atoms. The monoisotopic (exact) mass is 652 g/mol. The van der Waals surface area contributed by atoms with Crippen LogP contribution in [0.5, 0.6) is 0 Å². The smallest absolute Gasteiger partial charge is 0.313 e. The molecule has 9 atom stereocenters. The highest BCUT2D eigenvalue weighted by molar-refractivity contribution is 5.79. The molecule has 256 valence electrons. The average molecular weight is 653 g/mol. The molecule has 5 aliphatic rings. The Morgan fingerprint density at radius 1 is 0.826 bits per heavy atom. The molecule has 9 heteroatoms. The van der Waals surface area contributed by atoms with E-state index in [0.29, 0.717) is 31.6 Å². The van der Waals surface area contributed by atoms with E-state index in [9.17, 15) is 37.0 Å². The number of aliphatic hydroxyl groups is 2. The van der Waals surface area contributed by atoms with Gasteiger partial charge in [0.25, 0.3) is 0 Å². The Morgan fingerprint density at radius 3 is 2.07 bits per heavy atom. The van der Waals surface area contributed by atoms with Gasteiger partial charge in [0, 0.05) is 5.41 Å². The van der Waals surface area contributed by atoms with Gasteiger partial charge in [-0.25, -0.2) is 22.0 Å². The number of esters is 1. The Morgan fingerprint density at radius 2 is 1.43 bits per heavy atom. The lowest BCUT2D eigenvalue weighted by Gasteiger charge is -2.71. The van der Waals surface area contributed by atoms with Crippen LogP contribution in [0.15, 0.2) is 11.6 Å². The van der Waals surface area contributed by atoms with Crippen molar-refractivity contribution in [3.8, 4) is 0 Å². The molecule has 0 radical (unpaired) electrons. The van der Waals surface area contributed by atoms with Gasteiger partial charge in [-0.3, -0.25) is 4.79 Å². The third kappa shape index (κ3) is 4.38. The lowest BCUT2D eigenvalue weighted by Crippen LogP contribution is -2.66. The first-order valence-corrected chi connectivity index (χ1v) is 17.0. The predicted molar refractivity (Wildman–Crippen MR) is 162 cm³/mol. The van der Waals surface area contributed by atoms with Crippen molar-refractivity contribution < 1.29 is 41.7 Å². The summed E-state index contributed by atoms with van der Waals surface area (Å²) in [6.07, 6.45) is 9.19. The van der Waals surface area contributed by atoms with Crippen LogP contribution in [0.25, 0.3) is 0 Å². The SMILES string of the molecule is CC1(C)CC[C@]2(C(=O)OCc3c(F)c(F)c(F)c(F)c3F)CC[C@]3(C)C(=CC[C@@H]4[C@@]5(C)CC[C@H](O)[C@@](C)(CO)[C@@H]5CC[C@]43C)[C@@H]2C1. The van der Waals surface area contributed by atoms with Gasteiger partial charge >= 0.3 is 5.97 Å². The molecule has 4 saturated carbocycles. The van der Waals surface area contributed by atoms with Crippen LogP contribution in [-0.4, -0.2) is 28.9 Å². The third-order valence-electron chi connectivity index (χ3n) is 14.8. The normalized spacial score (nSPS) is 43.0. The number of hydrogen-bond acceptors (Lipinski definition) is 4. The maximum absolute atomic E-state index is 14.5. The standard InChI is InChI=1S/C37H49F5O4/c1-32(2)13-15-37(31(45)46-18-20-26(38)28(40)30(42)29(41)27(20)39)16-14-35(5)21(22(37)17-32)7-8-24-33(3)11-10-25(44)34(4,19-43)23(33)9-12-36(24,35)6/h7,22-25,43-44H,8-19H2,1-6H3/t22-,23+,24+,25-,33-,34-,35+,36+,37-/m0/s1. The average Bonchev–Trinajstić information content (AvgIpc) is 3.01. The molecule has 0 heterocycles. The number of fused-ring (bicyclic) bond motifs is 7. The Labute approximate surface area is 269 Å². The predicted octanol–water partition coefficient (Wildman–Crippen LogP) is 8.56. The van der Waals surface area contributed by atoms with Crippen LogP contribution in [-0.2, 0) is 16.1 Å². The summed E-state index contributed by atoms with van der Waals surface area (Å²) in [5.41, 5.74) is -1.92. The third-order valence-corrected chi connectivity index (χ3v) is 14.8. The van der Waals surface area contributed by atoms with Crippen LogP contribution >= 0.6 is 0 Å². The number of carbonyl (C=O) groups excluding carboxylic acids is 1. The van der Waals surface area contributed by atoms with Crippen LogP contribution < -0.4 is 0 Å². The summed E-state index contributed by atoms with van der Waals surface area (Å²) < 4.78 is 76.0. The second-order valence-electron chi connectivity index (χ2n) is 17.2. The molecule has 6 rings (SSSR count). The largest absolute Gasteiger partial charge is 0.460 e. The van der Waals surface area contributed by atoms with Gasteiger partial charge in [0.1, 0.15) is 6.61 Å². The minimum atomic E-state index is -2.24. The van der Waals surface area contributed by atoms with Gasteiger partial charge in [0.05, 0.1) is 23.7 Å². The zero-order valence-corrected chi connectivity index (χ0v) is 28.0. The molecule has 0 unspecified atom stereocenters. The van der Waals surface area contributed by atoms with E-state index >= 15 is 0 Å². The number of allylic oxidation sites excluding steroid dienone is 2. The highest BCUT2D eigenvalue weighted by Crippen LogP contribution is 2.75. The number of hydrogen-bond donors (Lipinski definition) is 2. The fraction of sp³-hybridized carbons (Fsp3) is 0.757. The zero-order chi connectivity index (χ0) is 33.8. The van der Waals surface area contributed by atoms with Gasteiger partial charge in [-0.05, 0) is 104 Å². The van der Waals surface area contributed by atoms with E-state index in [4.69, 9.17) is 4.74 Å². The molecule has 4 nitrogen and oxygen atoms in total. The van der Waals surface area contributed by atoms with E-state index in [1.807, 2.05) is 6.92 Å². The van der Waals surface area contributed by atoms with Crippen molar-refractivity contribution in [3.05, 3.63) is 46.3 Å². The van der Waals surface area contributed by atoms with E-state index in [1.54, 1.807) is 0 Å². The molecule has 2 N–H and O–H groups in total. The summed E-state index contributed by atoms with van der Waals surface area (Å²) in [5, 5.41) is 21.5. The zero-order valence-electron chi connectivity index (χ0n) is 28.0.